The molecule has 2 aliphatic rings. The highest BCUT2D eigenvalue weighted by Crippen LogP contribution is 2.25. The molecule has 2 heterocycles. The lowest BCUT2D eigenvalue weighted by molar-refractivity contribution is 0.102. The molecule has 1 aromatic carbocycles. The zero-order valence-electron chi connectivity index (χ0n) is 16.2. The molecular formula is C20H28ClN5O2. The van der Waals surface area contributed by atoms with Gasteiger partial charge in [-0.2, -0.15) is 10.1 Å². The summed E-state index contributed by atoms with van der Waals surface area (Å²) in [6, 6.07) is 7.36. The van der Waals surface area contributed by atoms with Crippen molar-refractivity contribution in [3.8, 4) is 5.75 Å². The summed E-state index contributed by atoms with van der Waals surface area (Å²) in [6.07, 6.45) is 6.95. The molecular weight excluding hydrogens is 378 g/mol. The Hall–Kier alpha value is -2.12. The molecule has 7 nitrogen and oxygen atoms in total. The Balaban J connectivity index is 0.00000225. The SMILES string of the molecule is Cl.Cn1nc(C2CCNCC2)nc1NC(=O)c1cccc(OC2CCCC2)c1. The highest BCUT2D eigenvalue weighted by molar-refractivity contribution is 6.03. The highest BCUT2D eigenvalue weighted by Gasteiger charge is 2.22. The normalized spacial score (nSPS) is 17.9. The molecule has 4 rings (SSSR count). The van der Waals surface area contributed by atoms with Crippen LogP contribution < -0.4 is 15.4 Å². The lowest BCUT2D eigenvalue weighted by atomic mass is 9.98. The number of carbonyl (C=O) groups excluding carboxylic acids is 1. The summed E-state index contributed by atoms with van der Waals surface area (Å²) < 4.78 is 7.65. The number of benzene rings is 1. The molecule has 1 aliphatic carbocycles. The Bertz CT molecular complexity index is 798. The minimum absolute atomic E-state index is 0. The zero-order valence-corrected chi connectivity index (χ0v) is 17.0. The average molecular weight is 406 g/mol. The van der Waals surface area contributed by atoms with Crippen molar-refractivity contribution < 1.29 is 9.53 Å². The van der Waals surface area contributed by atoms with Crippen molar-refractivity contribution in [3.05, 3.63) is 35.7 Å². The van der Waals surface area contributed by atoms with Crippen molar-refractivity contribution in [1.82, 2.24) is 20.1 Å². The molecule has 8 heteroatoms. The summed E-state index contributed by atoms with van der Waals surface area (Å²) in [5.74, 6) is 2.21. The maximum Gasteiger partial charge on any atom is 0.258 e. The van der Waals surface area contributed by atoms with Crippen LogP contribution in [0.5, 0.6) is 5.75 Å². The number of nitrogens with one attached hydrogen (secondary N) is 2. The second kappa shape index (κ2) is 9.39. The number of piperidine rings is 1. The Morgan fingerprint density at radius 3 is 2.71 bits per heavy atom. The molecule has 0 bridgehead atoms. The Morgan fingerprint density at radius 2 is 1.96 bits per heavy atom. The van der Waals surface area contributed by atoms with E-state index < -0.39 is 0 Å². The van der Waals surface area contributed by atoms with Crippen molar-refractivity contribution in [1.29, 1.82) is 0 Å². The fourth-order valence-electron chi connectivity index (χ4n) is 3.85. The first kappa shape index (κ1) is 20.6. The van der Waals surface area contributed by atoms with Gasteiger partial charge >= 0.3 is 0 Å². The van der Waals surface area contributed by atoms with Gasteiger partial charge in [-0.05, 0) is 69.8 Å². The van der Waals surface area contributed by atoms with Gasteiger partial charge in [0, 0.05) is 18.5 Å². The Morgan fingerprint density at radius 1 is 1.21 bits per heavy atom. The molecule has 0 radical (unpaired) electrons. The van der Waals surface area contributed by atoms with E-state index in [0.717, 1.165) is 50.3 Å². The van der Waals surface area contributed by atoms with Gasteiger partial charge in [0.05, 0.1) is 6.10 Å². The second-order valence-electron chi connectivity index (χ2n) is 7.45. The van der Waals surface area contributed by atoms with Crippen molar-refractivity contribution in [2.24, 2.45) is 7.05 Å². The van der Waals surface area contributed by atoms with Crippen molar-refractivity contribution >= 4 is 24.3 Å². The number of hydrogen-bond acceptors (Lipinski definition) is 5. The fourth-order valence-corrected chi connectivity index (χ4v) is 3.85. The molecule has 1 aliphatic heterocycles. The van der Waals surface area contributed by atoms with Gasteiger partial charge in [-0.15, -0.1) is 12.4 Å². The standard InChI is InChI=1S/C20H27N5O2.ClH/c1-25-20(22-18(24-25)14-9-11-21-12-10-14)23-19(26)15-5-4-8-17(13-15)27-16-6-2-3-7-16;/h4-5,8,13-14,16,21H,2-3,6-7,9-12H2,1H3,(H,22,23,24,26);1H. The van der Waals surface area contributed by atoms with E-state index in [1.165, 1.54) is 12.8 Å². The quantitative estimate of drug-likeness (QED) is 0.797. The predicted octanol–water partition coefficient (Wildman–Crippen LogP) is 3.28. The van der Waals surface area contributed by atoms with Crippen molar-refractivity contribution in [2.75, 3.05) is 18.4 Å². The van der Waals surface area contributed by atoms with Crippen LogP contribution in [-0.4, -0.2) is 39.9 Å². The van der Waals surface area contributed by atoms with Gasteiger partial charge in [0.25, 0.3) is 5.91 Å². The van der Waals surface area contributed by atoms with Gasteiger partial charge in [-0.3, -0.25) is 10.1 Å². The number of anilines is 1. The molecule has 28 heavy (non-hydrogen) atoms. The third kappa shape index (κ3) is 4.83. The van der Waals surface area contributed by atoms with Gasteiger partial charge in [0.2, 0.25) is 5.95 Å². The lowest BCUT2D eigenvalue weighted by Crippen LogP contribution is -2.27. The molecule has 2 N–H and O–H groups in total. The Kier molecular flexibility index (Phi) is 6.91. The molecule has 1 aromatic heterocycles. The summed E-state index contributed by atoms with van der Waals surface area (Å²) in [5.41, 5.74) is 0.567. The topological polar surface area (TPSA) is 81.1 Å². The van der Waals surface area contributed by atoms with Crippen LogP contribution in [-0.2, 0) is 7.05 Å². The van der Waals surface area contributed by atoms with Gasteiger partial charge in [0.15, 0.2) is 5.82 Å². The van der Waals surface area contributed by atoms with Crippen LogP contribution in [0.2, 0.25) is 0 Å². The first-order valence-electron chi connectivity index (χ1n) is 9.89. The molecule has 2 aromatic rings. The Labute approximate surface area is 171 Å². The number of aryl methyl sites for hydroxylation is 1. The minimum Gasteiger partial charge on any atom is -0.490 e. The fraction of sp³-hybridized carbons (Fsp3) is 0.550. The third-order valence-electron chi connectivity index (χ3n) is 5.41. The molecule has 1 saturated heterocycles. The van der Waals surface area contributed by atoms with E-state index in [2.05, 4.69) is 20.7 Å². The number of nitrogens with zero attached hydrogens (tertiary/aromatic N) is 3. The number of aromatic nitrogens is 3. The van der Waals surface area contributed by atoms with Gasteiger partial charge in [-0.25, -0.2) is 4.68 Å². The second-order valence-corrected chi connectivity index (χ2v) is 7.45. The molecule has 152 valence electrons. The molecule has 0 spiro atoms. The first-order valence-corrected chi connectivity index (χ1v) is 9.89. The van der Waals surface area contributed by atoms with E-state index in [0.29, 0.717) is 17.4 Å². The molecule has 1 amide bonds. The molecule has 0 atom stereocenters. The smallest absolute Gasteiger partial charge is 0.258 e. The summed E-state index contributed by atoms with van der Waals surface area (Å²) in [7, 11) is 1.81. The molecule has 2 fully saturated rings. The largest absolute Gasteiger partial charge is 0.490 e. The predicted molar refractivity (Wildman–Crippen MR) is 110 cm³/mol. The summed E-state index contributed by atoms with van der Waals surface area (Å²) >= 11 is 0. The van der Waals surface area contributed by atoms with E-state index in [4.69, 9.17) is 4.74 Å². The number of halogens is 1. The van der Waals surface area contributed by atoms with Gasteiger partial charge in [0.1, 0.15) is 5.75 Å². The van der Waals surface area contributed by atoms with E-state index >= 15 is 0 Å². The van der Waals surface area contributed by atoms with E-state index in [1.54, 1.807) is 16.8 Å². The lowest BCUT2D eigenvalue weighted by Gasteiger charge is -2.19. The van der Waals surface area contributed by atoms with Crippen LogP contribution in [0.15, 0.2) is 24.3 Å². The van der Waals surface area contributed by atoms with Crippen molar-refractivity contribution in [3.63, 3.8) is 0 Å². The number of amides is 1. The van der Waals surface area contributed by atoms with Crippen LogP contribution in [0, 0.1) is 0 Å². The summed E-state index contributed by atoms with van der Waals surface area (Å²) in [4.78, 5) is 17.2. The van der Waals surface area contributed by atoms with Crippen molar-refractivity contribution in [2.45, 2.75) is 50.5 Å². The van der Waals surface area contributed by atoms with Gasteiger partial charge < -0.3 is 10.1 Å². The maximum atomic E-state index is 12.7. The van der Waals surface area contributed by atoms with Gasteiger partial charge in [-0.1, -0.05) is 6.07 Å². The minimum atomic E-state index is -0.195. The number of hydrogen-bond donors (Lipinski definition) is 2. The zero-order chi connectivity index (χ0) is 18.6. The van der Waals surface area contributed by atoms with Crippen LogP contribution >= 0.6 is 12.4 Å². The number of ether oxygens (including phenoxy) is 1. The van der Waals surface area contributed by atoms with Crippen LogP contribution in [0.25, 0.3) is 0 Å². The van der Waals surface area contributed by atoms with E-state index in [1.807, 2.05) is 19.2 Å². The maximum absolute atomic E-state index is 12.7. The third-order valence-corrected chi connectivity index (χ3v) is 5.41. The average Bonchev–Trinajstić information content (AvgIpc) is 3.33. The van der Waals surface area contributed by atoms with E-state index in [-0.39, 0.29) is 24.4 Å². The number of carbonyl (C=O) groups is 1. The van der Waals surface area contributed by atoms with Crippen LogP contribution in [0.4, 0.5) is 5.95 Å². The summed E-state index contributed by atoms with van der Waals surface area (Å²) in [5, 5.41) is 10.7. The summed E-state index contributed by atoms with van der Waals surface area (Å²) in [6.45, 7) is 1.97. The van der Waals surface area contributed by atoms with Crippen LogP contribution in [0.1, 0.15) is 60.6 Å². The monoisotopic (exact) mass is 405 g/mol. The van der Waals surface area contributed by atoms with Crippen LogP contribution in [0.3, 0.4) is 0 Å². The molecule has 0 unspecified atom stereocenters. The van der Waals surface area contributed by atoms with E-state index in [9.17, 15) is 4.79 Å². The number of rotatable bonds is 5. The molecule has 1 saturated carbocycles. The first-order chi connectivity index (χ1) is 13.2. The highest BCUT2D eigenvalue weighted by atomic mass is 35.5.